The molecule has 2 heterocycles. The van der Waals surface area contributed by atoms with Crippen LogP contribution < -0.4 is 5.32 Å². The number of carbonyl (C=O) groups is 1. The number of anilines is 1. The summed E-state index contributed by atoms with van der Waals surface area (Å²) in [4.78, 5) is 13.3. The second-order valence-electron chi connectivity index (χ2n) is 5.88. The molecule has 2 rings (SSSR count). The van der Waals surface area contributed by atoms with E-state index in [1.54, 1.807) is 0 Å². The van der Waals surface area contributed by atoms with Crippen LogP contribution in [0.2, 0.25) is 0 Å². The van der Waals surface area contributed by atoms with E-state index in [1.165, 1.54) is 6.92 Å². The first-order valence-electron chi connectivity index (χ1n) is 7.19. The fourth-order valence-electron chi connectivity index (χ4n) is 2.46. The van der Waals surface area contributed by atoms with Gasteiger partial charge in [0.25, 0.3) is 0 Å². The zero-order valence-electron chi connectivity index (χ0n) is 12.4. The van der Waals surface area contributed by atoms with Crippen LogP contribution in [-0.2, 0) is 4.79 Å². The zero-order valence-corrected chi connectivity index (χ0v) is 12.4. The summed E-state index contributed by atoms with van der Waals surface area (Å²) in [6.07, 6.45) is 2.64. The number of carbonyl (C=O) groups excluding carboxylic acids is 1. The highest BCUT2D eigenvalue weighted by Gasteiger charge is 2.26. The van der Waals surface area contributed by atoms with E-state index < -0.39 is 0 Å². The van der Waals surface area contributed by atoms with Gasteiger partial charge >= 0.3 is 0 Å². The minimum absolute atomic E-state index is 0.108. The number of amides is 1. The number of likely N-dealkylation sites (tertiary alicyclic amines) is 1. The summed E-state index contributed by atoms with van der Waals surface area (Å²) in [6.45, 7) is 8.13. The largest absolute Gasteiger partial charge is 0.392 e. The molecule has 1 aromatic heterocycles. The predicted molar refractivity (Wildman–Crippen MR) is 77.5 cm³/mol. The number of hydrogen-bond acceptors (Lipinski definition) is 4. The van der Waals surface area contributed by atoms with Crippen molar-refractivity contribution in [1.29, 1.82) is 0 Å². The van der Waals surface area contributed by atoms with Crippen molar-refractivity contribution >= 4 is 11.7 Å². The van der Waals surface area contributed by atoms with Crippen molar-refractivity contribution in [3.63, 3.8) is 0 Å². The second-order valence-corrected chi connectivity index (χ2v) is 5.88. The minimum atomic E-state index is -0.277. The fourth-order valence-corrected chi connectivity index (χ4v) is 2.46. The highest BCUT2D eigenvalue weighted by molar-refractivity contribution is 5.87. The van der Waals surface area contributed by atoms with Crippen LogP contribution in [0.1, 0.15) is 33.2 Å². The number of rotatable bonds is 5. The fraction of sp³-hybridized carbons (Fsp3) is 0.714. The Kier molecular flexibility index (Phi) is 4.77. The van der Waals surface area contributed by atoms with Gasteiger partial charge in [0, 0.05) is 38.8 Å². The Morgan fingerprint density at radius 2 is 2.35 bits per heavy atom. The van der Waals surface area contributed by atoms with Crippen molar-refractivity contribution < 1.29 is 9.90 Å². The van der Waals surface area contributed by atoms with Crippen molar-refractivity contribution in [2.45, 2.75) is 39.3 Å². The molecule has 0 aliphatic carbocycles. The van der Waals surface area contributed by atoms with Crippen LogP contribution in [0.3, 0.4) is 0 Å². The standard InChI is InChI=1S/C14H24N4O2/c1-10(2)13(20)9-17-6-4-12(8-17)18-7-5-14(16-18)15-11(3)19/h5,7,10,12-13,20H,4,6,8-9H2,1-3H3,(H,15,16,19)/t12-,13+/m0/s1. The summed E-state index contributed by atoms with van der Waals surface area (Å²) in [5.74, 6) is 0.770. The summed E-state index contributed by atoms with van der Waals surface area (Å²) in [5, 5.41) is 17.0. The van der Waals surface area contributed by atoms with Gasteiger partial charge in [-0.25, -0.2) is 0 Å². The number of aliphatic hydroxyl groups excluding tert-OH is 1. The summed E-state index contributed by atoms with van der Waals surface area (Å²) in [5.41, 5.74) is 0. The van der Waals surface area contributed by atoms with E-state index in [4.69, 9.17) is 0 Å². The molecular weight excluding hydrogens is 256 g/mol. The molecule has 0 unspecified atom stereocenters. The van der Waals surface area contributed by atoms with Crippen LogP contribution in [0.4, 0.5) is 5.82 Å². The average Bonchev–Trinajstić information content (AvgIpc) is 2.97. The van der Waals surface area contributed by atoms with E-state index in [-0.39, 0.29) is 17.9 Å². The average molecular weight is 280 g/mol. The van der Waals surface area contributed by atoms with Crippen LogP contribution >= 0.6 is 0 Å². The van der Waals surface area contributed by atoms with Crippen molar-refractivity contribution in [2.24, 2.45) is 5.92 Å². The lowest BCUT2D eigenvalue weighted by atomic mass is 10.1. The van der Waals surface area contributed by atoms with E-state index >= 15 is 0 Å². The van der Waals surface area contributed by atoms with Crippen molar-refractivity contribution in [2.75, 3.05) is 25.0 Å². The van der Waals surface area contributed by atoms with E-state index in [1.807, 2.05) is 30.8 Å². The molecule has 1 fully saturated rings. The SMILES string of the molecule is CC(=O)Nc1ccn([C@H]2CCN(C[C@@H](O)C(C)C)C2)n1. The zero-order chi connectivity index (χ0) is 14.7. The number of aromatic nitrogens is 2. The molecular formula is C14H24N4O2. The molecule has 6 nitrogen and oxygen atoms in total. The smallest absolute Gasteiger partial charge is 0.222 e. The molecule has 0 saturated carbocycles. The predicted octanol–water partition coefficient (Wildman–Crippen LogP) is 1.11. The summed E-state index contributed by atoms with van der Waals surface area (Å²) in [6, 6.07) is 2.13. The van der Waals surface area contributed by atoms with Crippen LogP contribution in [0.25, 0.3) is 0 Å². The molecule has 1 aromatic rings. The summed E-state index contributed by atoms with van der Waals surface area (Å²) < 4.78 is 1.91. The molecule has 1 saturated heterocycles. The molecule has 0 bridgehead atoms. The Labute approximate surface area is 119 Å². The van der Waals surface area contributed by atoms with E-state index in [0.717, 1.165) is 19.5 Å². The number of hydrogen-bond donors (Lipinski definition) is 2. The first-order chi connectivity index (χ1) is 9.45. The van der Waals surface area contributed by atoms with Gasteiger partial charge in [0.2, 0.25) is 5.91 Å². The molecule has 2 atom stereocenters. The van der Waals surface area contributed by atoms with Gasteiger partial charge in [0.05, 0.1) is 12.1 Å². The molecule has 6 heteroatoms. The van der Waals surface area contributed by atoms with Gasteiger partial charge in [0.1, 0.15) is 0 Å². The van der Waals surface area contributed by atoms with Gasteiger partial charge in [-0.2, -0.15) is 5.10 Å². The molecule has 1 amide bonds. The van der Waals surface area contributed by atoms with Crippen molar-refractivity contribution in [3.05, 3.63) is 12.3 Å². The van der Waals surface area contributed by atoms with Crippen LogP contribution in [0, 0.1) is 5.92 Å². The van der Waals surface area contributed by atoms with E-state index in [9.17, 15) is 9.90 Å². The van der Waals surface area contributed by atoms with E-state index in [2.05, 4.69) is 15.3 Å². The van der Waals surface area contributed by atoms with Crippen molar-refractivity contribution in [1.82, 2.24) is 14.7 Å². The van der Waals surface area contributed by atoms with Crippen LogP contribution in [0.15, 0.2) is 12.3 Å². The van der Waals surface area contributed by atoms with E-state index in [0.29, 0.717) is 18.4 Å². The van der Waals surface area contributed by atoms with Gasteiger partial charge in [-0.05, 0) is 12.3 Å². The Balaban J connectivity index is 1.89. The molecule has 20 heavy (non-hydrogen) atoms. The first-order valence-corrected chi connectivity index (χ1v) is 7.19. The maximum Gasteiger partial charge on any atom is 0.222 e. The Hall–Kier alpha value is -1.40. The third kappa shape index (κ3) is 3.80. The quantitative estimate of drug-likeness (QED) is 0.847. The summed E-state index contributed by atoms with van der Waals surface area (Å²) >= 11 is 0. The topological polar surface area (TPSA) is 70.4 Å². The normalized spacial score (nSPS) is 21.4. The molecule has 1 aliphatic heterocycles. The molecule has 2 N–H and O–H groups in total. The van der Waals surface area contributed by atoms with Crippen LogP contribution in [0.5, 0.6) is 0 Å². The Morgan fingerprint density at radius 3 is 3.00 bits per heavy atom. The van der Waals surface area contributed by atoms with Gasteiger partial charge < -0.3 is 10.4 Å². The molecule has 112 valence electrons. The lowest BCUT2D eigenvalue weighted by molar-refractivity contribution is -0.114. The monoisotopic (exact) mass is 280 g/mol. The third-order valence-corrected chi connectivity index (χ3v) is 3.75. The van der Waals surface area contributed by atoms with Crippen LogP contribution in [-0.4, -0.2) is 51.4 Å². The Morgan fingerprint density at radius 1 is 1.60 bits per heavy atom. The first kappa shape index (κ1) is 15.0. The second kappa shape index (κ2) is 6.37. The maximum absolute atomic E-state index is 11.0. The number of β-amino-alcohol motifs (C(OH)–C–C–N with tert-alkyl or cyclic N) is 1. The number of nitrogens with zero attached hydrogens (tertiary/aromatic N) is 3. The molecule has 0 radical (unpaired) electrons. The molecule has 0 spiro atoms. The number of nitrogens with one attached hydrogen (secondary N) is 1. The Bertz CT molecular complexity index is 458. The maximum atomic E-state index is 11.0. The van der Waals surface area contributed by atoms with Crippen molar-refractivity contribution in [3.8, 4) is 0 Å². The highest BCUT2D eigenvalue weighted by Crippen LogP contribution is 2.22. The summed E-state index contributed by atoms with van der Waals surface area (Å²) in [7, 11) is 0. The van der Waals surface area contributed by atoms with Gasteiger partial charge in [0.15, 0.2) is 5.82 Å². The van der Waals surface area contributed by atoms with Gasteiger partial charge in [-0.3, -0.25) is 14.4 Å². The highest BCUT2D eigenvalue weighted by atomic mass is 16.3. The number of aliphatic hydroxyl groups is 1. The minimum Gasteiger partial charge on any atom is -0.392 e. The molecule has 1 aliphatic rings. The lowest BCUT2D eigenvalue weighted by Crippen LogP contribution is -2.33. The van der Waals surface area contributed by atoms with Gasteiger partial charge in [-0.15, -0.1) is 0 Å². The molecule has 0 aromatic carbocycles. The third-order valence-electron chi connectivity index (χ3n) is 3.75. The lowest BCUT2D eigenvalue weighted by Gasteiger charge is -2.22. The van der Waals surface area contributed by atoms with Gasteiger partial charge in [-0.1, -0.05) is 13.8 Å².